The molecule has 0 radical (unpaired) electrons. The molecule has 2 aromatic rings. The van der Waals surface area contributed by atoms with Crippen molar-refractivity contribution in [1.29, 1.82) is 0 Å². The molecule has 1 N–H and O–H groups in total. The van der Waals surface area contributed by atoms with E-state index in [2.05, 4.69) is 5.32 Å². The van der Waals surface area contributed by atoms with Crippen LogP contribution in [0.1, 0.15) is 5.56 Å². The van der Waals surface area contributed by atoms with E-state index in [1.54, 1.807) is 55.6 Å². The highest BCUT2D eigenvalue weighted by molar-refractivity contribution is 5.94. The molecule has 0 aromatic heterocycles. The molecule has 126 valence electrons. The number of amides is 1. The molecule has 0 heterocycles. The number of anilines is 1. The standard InChI is InChI=1S/C18H19NO5/c1-22-14-9-7-13(8-10-14)11-18(21)24-12-17(20)19-15-5-3-4-6-16(15)23-2/h3-10H,11-12H2,1-2H3,(H,19,20). The number of nitrogens with one attached hydrogen (secondary N) is 1. The van der Waals surface area contributed by atoms with Crippen LogP contribution in [0.3, 0.4) is 0 Å². The Morgan fingerprint density at radius 3 is 2.33 bits per heavy atom. The first-order chi connectivity index (χ1) is 11.6. The summed E-state index contributed by atoms with van der Waals surface area (Å²) in [7, 11) is 3.09. The highest BCUT2D eigenvalue weighted by Crippen LogP contribution is 2.22. The van der Waals surface area contributed by atoms with Crippen molar-refractivity contribution in [3.05, 3.63) is 54.1 Å². The van der Waals surface area contributed by atoms with Crippen molar-refractivity contribution in [1.82, 2.24) is 0 Å². The second kappa shape index (κ2) is 8.57. The van der Waals surface area contributed by atoms with Crippen molar-refractivity contribution in [2.45, 2.75) is 6.42 Å². The van der Waals surface area contributed by atoms with Crippen LogP contribution in [0.5, 0.6) is 11.5 Å². The van der Waals surface area contributed by atoms with Crippen LogP contribution in [0.2, 0.25) is 0 Å². The number of methoxy groups -OCH3 is 2. The van der Waals surface area contributed by atoms with E-state index in [-0.39, 0.29) is 13.0 Å². The lowest BCUT2D eigenvalue weighted by atomic mass is 10.1. The fourth-order valence-electron chi connectivity index (χ4n) is 2.04. The average molecular weight is 329 g/mol. The first kappa shape index (κ1) is 17.3. The van der Waals surface area contributed by atoms with E-state index in [4.69, 9.17) is 14.2 Å². The van der Waals surface area contributed by atoms with Gasteiger partial charge < -0.3 is 19.5 Å². The molecule has 6 heteroatoms. The number of carbonyl (C=O) groups excluding carboxylic acids is 2. The molecule has 0 unspecified atom stereocenters. The Hall–Kier alpha value is -3.02. The quantitative estimate of drug-likeness (QED) is 0.790. The molecule has 0 fully saturated rings. The summed E-state index contributed by atoms with van der Waals surface area (Å²) >= 11 is 0. The number of hydrogen-bond donors (Lipinski definition) is 1. The molecule has 1 amide bonds. The van der Waals surface area contributed by atoms with Crippen molar-refractivity contribution < 1.29 is 23.8 Å². The smallest absolute Gasteiger partial charge is 0.310 e. The first-order valence-corrected chi connectivity index (χ1v) is 7.34. The molecule has 0 aliphatic rings. The molecule has 6 nitrogen and oxygen atoms in total. The maximum absolute atomic E-state index is 11.9. The summed E-state index contributed by atoms with van der Waals surface area (Å²) in [6.07, 6.45) is 0.0892. The van der Waals surface area contributed by atoms with E-state index < -0.39 is 11.9 Å². The van der Waals surface area contributed by atoms with Gasteiger partial charge in [-0.1, -0.05) is 24.3 Å². The fraction of sp³-hybridized carbons (Fsp3) is 0.222. The van der Waals surface area contributed by atoms with Crippen LogP contribution in [0.25, 0.3) is 0 Å². The van der Waals surface area contributed by atoms with Crippen LogP contribution in [0, 0.1) is 0 Å². The Labute approximate surface area is 140 Å². The van der Waals surface area contributed by atoms with Crippen LogP contribution >= 0.6 is 0 Å². The number of para-hydroxylation sites is 2. The molecule has 0 saturated heterocycles. The molecule has 0 saturated carbocycles. The average Bonchev–Trinajstić information content (AvgIpc) is 2.61. The van der Waals surface area contributed by atoms with E-state index in [1.165, 1.54) is 7.11 Å². The number of rotatable bonds is 7. The van der Waals surface area contributed by atoms with Gasteiger partial charge in [0.25, 0.3) is 5.91 Å². The van der Waals surface area contributed by atoms with Gasteiger partial charge in [-0.2, -0.15) is 0 Å². The lowest BCUT2D eigenvalue weighted by Crippen LogP contribution is -2.21. The van der Waals surface area contributed by atoms with Gasteiger partial charge in [-0.05, 0) is 29.8 Å². The Morgan fingerprint density at radius 2 is 1.67 bits per heavy atom. The van der Waals surface area contributed by atoms with Crippen LogP contribution in [-0.4, -0.2) is 32.7 Å². The summed E-state index contributed by atoms with van der Waals surface area (Å²) < 4.78 is 15.2. The van der Waals surface area contributed by atoms with E-state index in [1.807, 2.05) is 0 Å². The molecule has 0 spiro atoms. The number of benzene rings is 2. The number of carbonyl (C=O) groups is 2. The number of hydrogen-bond acceptors (Lipinski definition) is 5. The molecule has 0 bridgehead atoms. The largest absolute Gasteiger partial charge is 0.497 e. The zero-order valence-corrected chi connectivity index (χ0v) is 13.6. The SMILES string of the molecule is COc1ccc(CC(=O)OCC(=O)Nc2ccccc2OC)cc1. The van der Waals surface area contributed by atoms with Crippen molar-refractivity contribution in [2.75, 3.05) is 26.1 Å². The van der Waals surface area contributed by atoms with Crippen molar-refractivity contribution in [3.8, 4) is 11.5 Å². The number of esters is 1. The topological polar surface area (TPSA) is 73.9 Å². The molecular formula is C18H19NO5. The van der Waals surface area contributed by atoms with Gasteiger partial charge in [0.1, 0.15) is 11.5 Å². The predicted octanol–water partition coefficient (Wildman–Crippen LogP) is 2.43. The third-order valence-corrected chi connectivity index (χ3v) is 3.25. The molecule has 24 heavy (non-hydrogen) atoms. The number of ether oxygens (including phenoxy) is 3. The zero-order chi connectivity index (χ0) is 17.4. The maximum atomic E-state index is 11.9. The lowest BCUT2D eigenvalue weighted by Gasteiger charge is -2.10. The fourth-order valence-corrected chi connectivity index (χ4v) is 2.04. The van der Waals surface area contributed by atoms with Gasteiger partial charge in [0.05, 0.1) is 26.3 Å². The normalized spacial score (nSPS) is 9.92. The Morgan fingerprint density at radius 1 is 0.958 bits per heavy atom. The minimum absolute atomic E-state index is 0.0892. The Kier molecular flexibility index (Phi) is 6.19. The van der Waals surface area contributed by atoms with E-state index in [0.29, 0.717) is 17.2 Å². The third-order valence-electron chi connectivity index (χ3n) is 3.25. The van der Waals surface area contributed by atoms with E-state index in [9.17, 15) is 9.59 Å². The van der Waals surface area contributed by atoms with Crippen molar-refractivity contribution in [3.63, 3.8) is 0 Å². The van der Waals surface area contributed by atoms with Gasteiger partial charge >= 0.3 is 5.97 Å². The van der Waals surface area contributed by atoms with Gasteiger partial charge in [-0.3, -0.25) is 9.59 Å². The Bertz CT molecular complexity index is 697. The highest BCUT2D eigenvalue weighted by atomic mass is 16.5. The summed E-state index contributed by atoms with van der Waals surface area (Å²) in [6, 6.07) is 14.1. The van der Waals surface area contributed by atoms with Crippen LogP contribution in [0.15, 0.2) is 48.5 Å². The van der Waals surface area contributed by atoms with E-state index in [0.717, 1.165) is 5.56 Å². The van der Waals surface area contributed by atoms with E-state index >= 15 is 0 Å². The third kappa shape index (κ3) is 5.01. The molecule has 2 rings (SSSR count). The maximum Gasteiger partial charge on any atom is 0.310 e. The van der Waals surface area contributed by atoms with Gasteiger partial charge in [0.2, 0.25) is 0 Å². The lowest BCUT2D eigenvalue weighted by molar-refractivity contribution is -0.146. The second-order valence-corrected chi connectivity index (χ2v) is 4.93. The summed E-state index contributed by atoms with van der Waals surface area (Å²) in [5.41, 5.74) is 1.31. The molecule has 0 atom stereocenters. The summed E-state index contributed by atoms with van der Waals surface area (Å²) in [5.74, 6) is 0.344. The summed E-state index contributed by atoms with van der Waals surface area (Å²) in [4.78, 5) is 23.6. The van der Waals surface area contributed by atoms with Crippen LogP contribution < -0.4 is 14.8 Å². The first-order valence-electron chi connectivity index (χ1n) is 7.34. The Balaban J connectivity index is 1.81. The van der Waals surface area contributed by atoms with Gasteiger partial charge in [-0.15, -0.1) is 0 Å². The van der Waals surface area contributed by atoms with Crippen molar-refractivity contribution >= 4 is 17.6 Å². The van der Waals surface area contributed by atoms with Crippen LogP contribution in [-0.2, 0) is 20.7 Å². The highest BCUT2D eigenvalue weighted by Gasteiger charge is 2.11. The molecule has 2 aromatic carbocycles. The van der Waals surface area contributed by atoms with Crippen LogP contribution in [0.4, 0.5) is 5.69 Å². The predicted molar refractivity (Wildman–Crippen MR) is 89.3 cm³/mol. The minimum Gasteiger partial charge on any atom is -0.497 e. The zero-order valence-electron chi connectivity index (χ0n) is 13.6. The summed E-state index contributed by atoms with van der Waals surface area (Å²) in [5, 5.41) is 2.64. The van der Waals surface area contributed by atoms with Gasteiger partial charge in [0, 0.05) is 0 Å². The monoisotopic (exact) mass is 329 g/mol. The second-order valence-electron chi connectivity index (χ2n) is 4.93. The van der Waals surface area contributed by atoms with Crippen molar-refractivity contribution in [2.24, 2.45) is 0 Å². The minimum atomic E-state index is -0.477. The molecule has 0 aliphatic heterocycles. The molecule has 0 aliphatic carbocycles. The van der Waals surface area contributed by atoms with Gasteiger partial charge in [0.15, 0.2) is 6.61 Å². The summed E-state index contributed by atoms with van der Waals surface area (Å²) in [6.45, 7) is -0.354. The van der Waals surface area contributed by atoms with Gasteiger partial charge in [-0.25, -0.2) is 0 Å². The molecular weight excluding hydrogens is 310 g/mol.